The summed E-state index contributed by atoms with van der Waals surface area (Å²) in [6, 6.07) is 12.1. The lowest BCUT2D eigenvalue weighted by Gasteiger charge is -2.08. The van der Waals surface area contributed by atoms with E-state index in [2.05, 4.69) is 6.92 Å². The Morgan fingerprint density at radius 3 is 2.40 bits per heavy atom. The largest absolute Gasteiger partial charge is 0.513 e. The molecule has 0 bridgehead atoms. The van der Waals surface area contributed by atoms with Crippen molar-refractivity contribution in [1.29, 1.82) is 0 Å². The topological polar surface area (TPSA) is 35.5 Å². The highest BCUT2D eigenvalue weighted by Crippen LogP contribution is 2.26. The highest BCUT2D eigenvalue weighted by atomic mass is 19.1. The fourth-order valence-electron chi connectivity index (χ4n) is 2.54. The molecule has 2 aromatic carbocycles. The first-order valence-corrected chi connectivity index (χ1v) is 8.87. The second kappa shape index (κ2) is 9.82. The minimum atomic E-state index is -0.725. The monoisotopic (exact) mass is 344 g/mol. The number of unbranched alkanes of at least 4 members (excludes halogenated alkanes) is 2. The third-order valence-electron chi connectivity index (χ3n) is 3.89. The summed E-state index contributed by atoms with van der Waals surface area (Å²) in [7, 11) is 0. The molecule has 3 nitrogen and oxygen atoms in total. The summed E-state index contributed by atoms with van der Waals surface area (Å²) >= 11 is 0. The van der Waals surface area contributed by atoms with Gasteiger partial charge >= 0.3 is 6.16 Å². The summed E-state index contributed by atoms with van der Waals surface area (Å²) in [6.45, 7) is 4.39. The first-order valence-electron chi connectivity index (χ1n) is 8.87. The van der Waals surface area contributed by atoms with Gasteiger partial charge in [0.05, 0.1) is 6.61 Å². The first kappa shape index (κ1) is 19.0. The van der Waals surface area contributed by atoms with Crippen LogP contribution in [0.2, 0.25) is 0 Å². The van der Waals surface area contributed by atoms with Crippen LogP contribution in [0.25, 0.3) is 11.1 Å². The van der Waals surface area contributed by atoms with E-state index < -0.39 is 6.16 Å². The molecule has 0 radical (unpaired) electrons. The minimum absolute atomic E-state index is 0.231. The number of carbonyl (C=O) groups excluding carboxylic acids is 1. The average Bonchev–Trinajstić information content (AvgIpc) is 2.61. The minimum Gasteiger partial charge on any atom is -0.434 e. The Morgan fingerprint density at radius 1 is 1.00 bits per heavy atom. The van der Waals surface area contributed by atoms with Crippen molar-refractivity contribution in [3.63, 3.8) is 0 Å². The van der Waals surface area contributed by atoms with Gasteiger partial charge in [0.25, 0.3) is 0 Å². The molecule has 0 aliphatic carbocycles. The van der Waals surface area contributed by atoms with Crippen LogP contribution in [0, 0.1) is 5.82 Å². The van der Waals surface area contributed by atoms with E-state index in [9.17, 15) is 9.18 Å². The van der Waals surface area contributed by atoms with Crippen LogP contribution in [-0.4, -0.2) is 12.8 Å². The maximum Gasteiger partial charge on any atom is 0.513 e. The smallest absolute Gasteiger partial charge is 0.434 e. The van der Waals surface area contributed by atoms with Crippen LogP contribution in [0.4, 0.5) is 9.18 Å². The predicted octanol–water partition coefficient (Wildman–Crippen LogP) is 6.15. The predicted molar refractivity (Wildman–Crippen MR) is 97.3 cm³/mol. The molecule has 0 aliphatic heterocycles. The number of rotatable bonds is 8. The van der Waals surface area contributed by atoms with Crippen LogP contribution >= 0.6 is 0 Å². The van der Waals surface area contributed by atoms with E-state index in [1.54, 1.807) is 30.3 Å². The summed E-state index contributed by atoms with van der Waals surface area (Å²) in [6.07, 6.45) is 4.30. The Bertz CT molecular complexity index is 680. The Labute approximate surface area is 148 Å². The van der Waals surface area contributed by atoms with Crippen molar-refractivity contribution in [2.75, 3.05) is 6.61 Å². The second-order valence-electron chi connectivity index (χ2n) is 6.00. The molecule has 0 N–H and O–H groups in total. The molecule has 0 unspecified atom stereocenters. The van der Waals surface area contributed by atoms with Gasteiger partial charge in [-0.2, -0.15) is 0 Å². The molecule has 25 heavy (non-hydrogen) atoms. The SMILES string of the molecule is CCCCCc1ccc(-c2ccc(OC(=O)OCCC)cc2)c(F)c1. The number of benzene rings is 2. The quantitative estimate of drug-likeness (QED) is 0.327. The lowest BCUT2D eigenvalue weighted by Crippen LogP contribution is -2.10. The molecule has 0 spiro atoms. The van der Waals surface area contributed by atoms with E-state index in [1.165, 1.54) is 0 Å². The zero-order chi connectivity index (χ0) is 18.1. The Kier molecular flexibility index (Phi) is 7.45. The normalized spacial score (nSPS) is 10.5. The Morgan fingerprint density at radius 2 is 1.76 bits per heavy atom. The number of ether oxygens (including phenoxy) is 2. The molecule has 0 heterocycles. The number of hydrogen-bond donors (Lipinski definition) is 0. The molecule has 0 aromatic heterocycles. The van der Waals surface area contributed by atoms with Crippen LogP contribution in [0.1, 0.15) is 45.1 Å². The highest BCUT2D eigenvalue weighted by Gasteiger charge is 2.09. The molecule has 0 saturated carbocycles. The van der Waals surface area contributed by atoms with Crippen molar-refractivity contribution in [3.8, 4) is 16.9 Å². The standard InChI is InChI=1S/C21H25FO3/c1-3-5-6-7-16-8-13-19(20(22)15-16)17-9-11-18(12-10-17)25-21(23)24-14-4-2/h8-13,15H,3-7,14H2,1-2H3. The average molecular weight is 344 g/mol. The summed E-state index contributed by atoms with van der Waals surface area (Å²) < 4.78 is 24.3. The number of halogens is 1. The summed E-state index contributed by atoms with van der Waals surface area (Å²) in [5, 5.41) is 0. The van der Waals surface area contributed by atoms with Crippen LogP contribution in [0.15, 0.2) is 42.5 Å². The highest BCUT2D eigenvalue weighted by molar-refractivity contribution is 5.67. The molecule has 0 saturated heterocycles. The lowest BCUT2D eigenvalue weighted by molar-refractivity contribution is 0.0992. The summed E-state index contributed by atoms with van der Waals surface area (Å²) in [4.78, 5) is 11.4. The van der Waals surface area contributed by atoms with Gasteiger partial charge in [-0.05, 0) is 48.6 Å². The van der Waals surface area contributed by atoms with Gasteiger partial charge in [-0.3, -0.25) is 0 Å². The van der Waals surface area contributed by atoms with Crippen molar-refractivity contribution in [2.45, 2.75) is 46.0 Å². The van der Waals surface area contributed by atoms with E-state index in [4.69, 9.17) is 9.47 Å². The molecule has 0 amide bonds. The lowest BCUT2D eigenvalue weighted by atomic mass is 10.0. The van der Waals surface area contributed by atoms with Crippen molar-refractivity contribution in [3.05, 3.63) is 53.8 Å². The maximum atomic E-state index is 14.4. The fourth-order valence-corrected chi connectivity index (χ4v) is 2.54. The maximum absolute atomic E-state index is 14.4. The van der Waals surface area contributed by atoms with Gasteiger partial charge in [-0.25, -0.2) is 9.18 Å². The second-order valence-corrected chi connectivity index (χ2v) is 6.00. The van der Waals surface area contributed by atoms with Gasteiger partial charge < -0.3 is 9.47 Å². The van der Waals surface area contributed by atoms with Gasteiger partial charge in [0.1, 0.15) is 11.6 Å². The fraction of sp³-hybridized carbons (Fsp3) is 0.381. The summed E-state index contributed by atoms with van der Waals surface area (Å²) in [5.41, 5.74) is 2.31. The number of hydrogen-bond acceptors (Lipinski definition) is 3. The zero-order valence-corrected chi connectivity index (χ0v) is 14.9. The Balaban J connectivity index is 2.02. The van der Waals surface area contributed by atoms with E-state index >= 15 is 0 Å². The van der Waals surface area contributed by atoms with Gasteiger partial charge in [0, 0.05) is 5.56 Å². The van der Waals surface area contributed by atoms with Crippen molar-refractivity contribution in [1.82, 2.24) is 0 Å². The zero-order valence-electron chi connectivity index (χ0n) is 14.9. The van der Waals surface area contributed by atoms with Crippen molar-refractivity contribution < 1.29 is 18.7 Å². The van der Waals surface area contributed by atoms with E-state index in [0.717, 1.165) is 43.2 Å². The van der Waals surface area contributed by atoms with Gasteiger partial charge in [-0.1, -0.05) is 51.0 Å². The molecular weight excluding hydrogens is 319 g/mol. The molecular formula is C21H25FO3. The van der Waals surface area contributed by atoms with Crippen molar-refractivity contribution in [2.24, 2.45) is 0 Å². The van der Waals surface area contributed by atoms with E-state index in [-0.39, 0.29) is 5.82 Å². The third kappa shape index (κ3) is 5.89. The van der Waals surface area contributed by atoms with E-state index in [1.807, 2.05) is 19.1 Å². The first-order chi connectivity index (χ1) is 12.1. The molecule has 4 heteroatoms. The molecule has 0 aliphatic rings. The van der Waals surface area contributed by atoms with Crippen LogP contribution < -0.4 is 4.74 Å². The van der Waals surface area contributed by atoms with Gasteiger partial charge in [0.15, 0.2) is 0 Å². The molecule has 2 aromatic rings. The number of carbonyl (C=O) groups is 1. The molecule has 134 valence electrons. The molecule has 2 rings (SSSR count). The number of aryl methyl sites for hydroxylation is 1. The van der Waals surface area contributed by atoms with Crippen molar-refractivity contribution >= 4 is 6.16 Å². The van der Waals surface area contributed by atoms with Crippen LogP contribution in [0.3, 0.4) is 0 Å². The molecule has 0 fully saturated rings. The molecule has 0 atom stereocenters. The Hall–Kier alpha value is -2.36. The third-order valence-corrected chi connectivity index (χ3v) is 3.89. The van der Waals surface area contributed by atoms with E-state index in [0.29, 0.717) is 17.9 Å². The van der Waals surface area contributed by atoms with Gasteiger partial charge in [0.2, 0.25) is 0 Å². The summed E-state index contributed by atoms with van der Waals surface area (Å²) in [5.74, 6) is 0.145. The van der Waals surface area contributed by atoms with Gasteiger partial charge in [-0.15, -0.1) is 0 Å². The van der Waals surface area contributed by atoms with Crippen LogP contribution in [0.5, 0.6) is 5.75 Å². The van der Waals surface area contributed by atoms with Crippen LogP contribution in [-0.2, 0) is 11.2 Å².